The minimum absolute atomic E-state index is 0.107. The quantitative estimate of drug-likeness (QED) is 0.441. The number of hydrogen-bond donors (Lipinski definition) is 2. The molecule has 3 rings (SSSR count). The van der Waals surface area contributed by atoms with Crippen molar-refractivity contribution >= 4 is 29.1 Å². The van der Waals surface area contributed by atoms with Gasteiger partial charge < -0.3 is 25.4 Å². The summed E-state index contributed by atoms with van der Waals surface area (Å²) in [5.41, 5.74) is 7.97. The summed E-state index contributed by atoms with van der Waals surface area (Å²) in [6.07, 6.45) is 0.659. The van der Waals surface area contributed by atoms with E-state index in [1.54, 1.807) is 53.4 Å². The van der Waals surface area contributed by atoms with Gasteiger partial charge in [-0.25, -0.2) is 0 Å². The van der Waals surface area contributed by atoms with Gasteiger partial charge in [0.2, 0.25) is 0 Å². The highest BCUT2D eigenvalue weighted by Gasteiger charge is 2.18. The molecule has 0 spiro atoms. The minimum Gasteiger partial charge on any atom is -0.493 e. The van der Waals surface area contributed by atoms with Crippen molar-refractivity contribution < 1.29 is 19.1 Å². The van der Waals surface area contributed by atoms with E-state index in [-0.39, 0.29) is 18.4 Å². The summed E-state index contributed by atoms with van der Waals surface area (Å²) in [5, 5.41) is 3.38. The van der Waals surface area contributed by atoms with Gasteiger partial charge >= 0.3 is 0 Å². The van der Waals surface area contributed by atoms with Crippen molar-refractivity contribution in [2.45, 2.75) is 13.0 Å². The number of amides is 2. The number of hydrogen-bond acceptors (Lipinski definition) is 5. The van der Waals surface area contributed by atoms with Gasteiger partial charge in [-0.2, -0.15) is 0 Å². The number of benzene rings is 3. The van der Waals surface area contributed by atoms with Gasteiger partial charge in [0.15, 0.2) is 11.5 Å². The van der Waals surface area contributed by atoms with Gasteiger partial charge in [0.05, 0.1) is 14.2 Å². The highest BCUT2D eigenvalue weighted by atomic mass is 35.5. The molecule has 0 aliphatic heterocycles. The van der Waals surface area contributed by atoms with Gasteiger partial charge in [0, 0.05) is 34.9 Å². The highest BCUT2D eigenvalue weighted by molar-refractivity contribution is 6.31. The van der Waals surface area contributed by atoms with Gasteiger partial charge in [0.1, 0.15) is 0 Å². The van der Waals surface area contributed by atoms with E-state index in [9.17, 15) is 9.59 Å². The third-order valence-electron chi connectivity index (χ3n) is 5.25. The van der Waals surface area contributed by atoms with Crippen LogP contribution in [-0.2, 0) is 6.54 Å². The van der Waals surface area contributed by atoms with Crippen LogP contribution in [0, 0.1) is 0 Å². The lowest BCUT2D eigenvalue weighted by atomic mass is 10.1. The molecule has 0 saturated carbocycles. The Hall–Kier alpha value is -3.55. The lowest BCUT2D eigenvalue weighted by Gasteiger charge is -2.24. The predicted molar refractivity (Wildman–Crippen MR) is 134 cm³/mol. The Morgan fingerprint density at radius 3 is 2.35 bits per heavy atom. The summed E-state index contributed by atoms with van der Waals surface area (Å²) >= 11 is 6.45. The number of ether oxygens (including phenoxy) is 2. The van der Waals surface area contributed by atoms with E-state index in [0.29, 0.717) is 58.4 Å². The van der Waals surface area contributed by atoms with Crippen LogP contribution in [0.25, 0.3) is 0 Å². The summed E-state index contributed by atoms with van der Waals surface area (Å²) < 4.78 is 10.5. The maximum atomic E-state index is 13.1. The van der Waals surface area contributed by atoms with E-state index in [4.69, 9.17) is 26.8 Å². The maximum absolute atomic E-state index is 13.1. The molecule has 3 aromatic rings. The molecule has 0 fully saturated rings. The van der Waals surface area contributed by atoms with E-state index in [1.165, 1.54) is 14.2 Å². The molecule has 0 atom stereocenters. The number of carbonyl (C=O) groups excluding carboxylic acids is 2. The van der Waals surface area contributed by atoms with Gasteiger partial charge in [-0.15, -0.1) is 0 Å². The average molecular weight is 482 g/mol. The second-order valence-electron chi connectivity index (χ2n) is 7.57. The van der Waals surface area contributed by atoms with Gasteiger partial charge in [-0.3, -0.25) is 9.59 Å². The summed E-state index contributed by atoms with van der Waals surface area (Å²) in [4.78, 5) is 27.6. The van der Waals surface area contributed by atoms with Crippen LogP contribution in [0.15, 0.2) is 66.7 Å². The van der Waals surface area contributed by atoms with Crippen molar-refractivity contribution in [2.24, 2.45) is 5.73 Å². The Balaban J connectivity index is 1.80. The summed E-state index contributed by atoms with van der Waals surface area (Å²) in [5.74, 6) is 0.579. The van der Waals surface area contributed by atoms with Crippen LogP contribution in [0.5, 0.6) is 11.5 Å². The van der Waals surface area contributed by atoms with Crippen molar-refractivity contribution in [1.82, 2.24) is 4.90 Å². The number of nitrogens with zero attached hydrogens (tertiary/aromatic N) is 1. The lowest BCUT2D eigenvalue weighted by Crippen LogP contribution is -2.32. The number of nitrogens with one attached hydrogen (secondary N) is 1. The molecular formula is C26H28ClN3O4. The van der Waals surface area contributed by atoms with Crippen LogP contribution in [0.2, 0.25) is 5.02 Å². The van der Waals surface area contributed by atoms with Crippen LogP contribution in [0.1, 0.15) is 32.7 Å². The van der Waals surface area contributed by atoms with Gasteiger partial charge in [-0.1, -0.05) is 29.8 Å². The molecule has 178 valence electrons. The smallest absolute Gasteiger partial charge is 0.255 e. The monoisotopic (exact) mass is 481 g/mol. The standard InChI is InChI=1S/C26H28ClN3O4/c1-33-23-12-9-19(16-24(23)34-2)25(31)29-21-10-11-22(27)20(15-21)17-30(14-6-13-28)26(32)18-7-4-3-5-8-18/h3-5,7-12,15-16H,6,13-14,17,28H2,1-2H3,(H,29,31). The Kier molecular flexibility index (Phi) is 8.90. The molecule has 7 nitrogen and oxygen atoms in total. The third-order valence-corrected chi connectivity index (χ3v) is 5.62. The molecule has 0 aliphatic carbocycles. The van der Waals surface area contributed by atoms with Crippen molar-refractivity contribution in [3.63, 3.8) is 0 Å². The highest BCUT2D eigenvalue weighted by Crippen LogP contribution is 2.28. The van der Waals surface area contributed by atoms with Crippen LogP contribution in [0.4, 0.5) is 5.69 Å². The summed E-state index contributed by atoms with van der Waals surface area (Å²) in [7, 11) is 3.05. The summed E-state index contributed by atoms with van der Waals surface area (Å²) in [6, 6.07) is 19.2. The van der Waals surface area contributed by atoms with Crippen LogP contribution in [0.3, 0.4) is 0 Å². The molecule has 8 heteroatoms. The molecule has 0 bridgehead atoms. The number of methoxy groups -OCH3 is 2. The first-order valence-electron chi connectivity index (χ1n) is 10.8. The van der Waals surface area contributed by atoms with Crippen molar-refractivity contribution in [1.29, 1.82) is 0 Å². The number of halogens is 1. The molecule has 0 aromatic heterocycles. The van der Waals surface area contributed by atoms with E-state index in [1.807, 2.05) is 18.2 Å². The van der Waals surface area contributed by atoms with Crippen LogP contribution in [-0.4, -0.2) is 44.0 Å². The number of rotatable bonds is 10. The zero-order valence-corrected chi connectivity index (χ0v) is 20.0. The lowest BCUT2D eigenvalue weighted by molar-refractivity contribution is 0.0742. The Morgan fingerprint density at radius 1 is 0.941 bits per heavy atom. The SMILES string of the molecule is COc1ccc(C(=O)Nc2ccc(Cl)c(CN(CCCN)C(=O)c3ccccc3)c2)cc1OC. The van der Waals surface area contributed by atoms with E-state index < -0.39 is 0 Å². The minimum atomic E-state index is -0.311. The molecule has 3 N–H and O–H groups in total. The first-order chi connectivity index (χ1) is 16.5. The summed E-state index contributed by atoms with van der Waals surface area (Å²) in [6.45, 7) is 1.24. The van der Waals surface area contributed by atoms with Gasteiger partial charge in [0.25, 0.3) is 11.8 Å². The second-order valence-corrected chi connectivity index (χ2v) is 7.97. The van der Waals surface area contributed by atoms with Crippen molar-refractivity contribution in [3.8, 4) is 11.5 Å². The normalized spacial score (nSPS) is 10.5. The van der Waals surface area contributed by atoms with Crippen molar-refractivity contribution in [2.75, 3.05) is 32.6 Å². The Labute approximate surface area is 204 Å². The molecule has 3 aromatic carbocycles. The number of carbonyl (C=O) groups is 2. The van der Waals surface area contributed by atoms with Crippen LogP contribution >= 0.6 is 11.6 Å². The topological polar surface area (TPSA) is 93.9 Å². The van der Waals surface area contributed by atoms with E-state index in [2.05, 4.69) is 5.32 Å². The second kappa shape index (κ2) is 12.1. The molecule has 0 saturated heterocycles. The third kappa shape index (κ3) is 6.27. The zero-order valence-electron chi connectivity index (χ0n) is 19.2. The molecular weight excluding hydrogens is 454 g/mol. The molecule has 0 radical (unpaired) electrons. The molecule has 0 aliphatic rings. The molecule has 0 unspecified atom stereocenters. The fourth-order valence-corrected chi connectivity index (χ4v) is 3.64. The molecule has 0 heterocycles. The van der Waals surface area contributed by atoms with Gasteiger partial charge in [-0.05, 0) is 67.1 Å². The Morgan fingerprint density at radius 2 is 1.68 bits per heavy atom. The van der Waals surface area contributed by atoms with E-state index in [0.717, 1.165) is 0 Å². The zero-order chi connectivity index (χ0) is 24.5. The number of anilines is 1. The molecule has 2 amide bonds. The fourth-order valence-electron chi connectivity index (χ4n) is 3.46. The van der Waals surface area contributed by atoms with Crippen molar-refractivity contribution in [3.05, 3.63) is 88.4 Å². The number of nitrogens with two attached hydrogens (primary N) is 1. The molecule has 34 heavy (non-hydrogen) atoms. The Bertz CT molecular complexity index is 1140. The first kappa shape index (κ1) is 25.1. The first-order valence-corrected chi connectivity index (χ1v) is 11.2. The predicted octanol–water partition coefficient (Wildman–Crippen LogP) is 4.60. The average Bonchev–Trinajstić information content (AvgIpc) is 2.87. The van der Waals surface area contributed by atoms with Crippen LogP contribution < -0.4 is 20.5 Å². The maximum Gasteiger partial charge on any atom is 0.255 e. The largest absolute Gasteiger partial charge is 0.493 e. The van der Waals surface area contributed by atoms with E-state index >= 15 is 0 Å². The fraction of sp³-hybridized carbons (Fsp3) is 0.231.